The van der Waals surface area contributed by atoms with E-state index in [1.54, 1.807) is 7.05 Å². The largest absolute Gasteiger partial charge is 0.459 e. The van der Waals surface area contributed by atoms with Crippen LogP contribution in [0.1, 0.15) is 76.5 Å². The van der Waals surface area contributed by atoms with Gasteiger partial charge in [-0.3, -0.25) is 9.59 Å². The number of fused-ring (bicyclic) bond motifs is 3. The zero-order valence-electron chi connectivity index (χ0n) is 18.5. The van der Waals surface area contributed by atoms with E-state index in [1.807, 2.05) is 30.3 Å². The molecule has 2 bridgehead atoms. The third-order valence-electron chi connectivity index (χ3n) is 7.52. The van der Waals surface area contributed by atoms with Crippen molar-refractivity contribution in [3.63, 3.8) is 0 Å². The van der Waals surface area contributed by atoms with Gasteiger partial charge in [0.25, 0.3) is 0 Å². The normalized spacial score (nSPS) is 28.2. The summed E-state index contributed by atoms with van der Waals surface area (Å²) in [5.41, 5.74) is -0.402. The van der Waals surface area contributed by atoms with Crippen LogP contribution in [-0.4, -0.2) is 24.5 Å². The minimum Gasteiger partial charge on any atom is -0.459 e. The summed E-state index contributed by atoms with van der Waals surface area (Å²) in [6.45, 7) is 1.47. The molecule has 1 heterocycles. The van der Waals surface area contributed by atoms with Crippen LogP contribution >= 0.6 is 0 Å². The fraction of sp³-hybridized carbons (Fsp3) is 0.600. The number of alkyl halides is 1. The van der Waals surface area contributed by atoms with Crippen LogP contribution in [0, 0.1) is 11.3 Å². The van der Waals surface area contributed by atoms with E-state index < -0.39 is 5.67 Å². The summed E-state index contributed by atoms with van der Waals surface area (Å²) in [6, 6.07) is 9.75. The van der Waals surface area contributed by atoms with Crippen LogP contribution in [0.2, 0.25) is 0 Å². The zero-order valence-corrected chi connectivity index (χ0v) is 18.5. The van der Waals surface area contributed by atoms with E-state index in [-0.39, 0.29) is 29.2 Å². The highest BCUT2D eigenvalue weighted by Crippen LogP contribution is 2.63. The number of nitrogens with one attached hydrogen (secondary N) is 2. The second-order valence-electron chi connectivity index (χ2n) is 9.61. The Morgan fingerprint density at radius 2 is 1.77 bits per heavy atom. The van der Waals surface area contributed by atoms with Crippen molar-refractivity contribution in [2.75, 3.05) is 7.05 Å². The molecule has 6 heteroatoms. The van der Waals surface area contributed by atoms with Crippen LogP contribution < -0.4 is 10.6 Å². The van der Waals surface area contributed by atoms with E-state index in [4.69, 9.17) is 4.42 Å². The number of benzene rings is 1. The maximum Gasteiger partial charge on any atom is 0.223 e. The summed E-state index contributed by atoms with van der Waals surface area (Å²) < 4.78 is 21.1. The van der Waals surface area contributed by atoms with E-state index in [2.05, 4.69) is 10.6 Å². The van der Waals surface area contributed by atoms with Gasteiger partial charge in [-0.25, -0.2) is 4.39 Å². The average molecular weight is 429 g/mol. The molecule has 3 saturated carbocycles. The topological polar surface area (TPSA) is 71.3 Å². The lowest BCUT2D eigenvalue weighted by atomic mass is 9.76. The van der Waals surface area contributed by atoms with E-state index in [9.17, 15) is 14.0 Å². The minimum atomic E-state index is -1.04. The Labute approximate surface area is 183 Å². The SMILES string of the molecule is CNC(C)=O.O=C(NC(c1cc2ccccc2o1)C12CCC(F)(CC1)C2)C1CCCC1. The maximum atomic E-state index is 14.9. The molecule has 3 aliphatic rings. The van der Waals surface area contributed by atoms with Crippen LogP contribution in [0.5, 0.6) is 0 Å². The van der Waals surface area contributed by atoms with Crippen LogP contribution in [-0.2, 0) is 9.59 Å². The standard InChI is InChI=1S/C22H26FNO2.C3H7NO/c23-22-11-9-21(14-22,10-12-22)19(24-20(25)15-5-1-2-6-15)18-13-16-7-3-4-8-17(16)26-18;1-3(5)4-2/h3-4,7-8,13,15,19H,1-2,5-6,9-12,14H2,(H,24,25);1-2H3,(H,4,5). The summed E-state index contributed by atoms with van der Waals surface area (Å²) in [6.07, 6.45) is 7.64. The van der Waals surface area contributed by atoms with E-state index in [1.165, 1.54) is 6.92 Å². The summed E-state index contributed by atoms with van der Waals surface area (Å²) in [4.78, 5) is 22.6. The summed E-state index contributed by atoms with van der Waals surface area (Å²) >= 11 is 0. The van der Waals surface area contributed by atoms with Crippen molar-refractivity contribution >= 4 is 22.8 Å². The zero-order chi connectivity index (χ0) is 22.1. The van der Waals surface area contributed by atoms with Gasteiger partial charge in [0.2, 0.25) is 11.8 Å². The summed E-state index contributed by atoms with van der Waals surface area (Å²) in [5.74, 6) is 1.04. The number of halogens is 1. The van der Waals surface area contributed by atoms with E-state index in [0.717, 1.165) is 55.3 Å². The van der Waals surface area contributed by atoms with Crippen molar-refractivity contribution in [2.24, 2.45) is 11.3 Å². The number of hydrogen-bond donors (Lipinski definition) is 2. The first kappa shape index (κ1) is 21.8. The molecule has 1 atom stereocenters. The molecule has 1 unspecified atom stereocenters. The van der Waals surface area contributed by atoms with Crippen molar-refractivity contribution in [1.29, 1.82) is 0 Å². The Hall–Kier alpha value is -2.37. The molecule has 1 aromatic heterocycles. The highest BCUT2D eigenvalue weighted by atomic mass is 19.1. The van der Waals surface area contributed by atoms with Gasteiger partial charge in [0.05, 0.1) is 6.04 Å². The molecule has 2 amide bonds. The lowest BCUT2D eigenvalue weighted by Gasteiger charge is -2.35. The Morgan fingerprint density at radius 3 is 2.32 bits per heavy atom. The molecule has 2 aromatic rings. The highest BCUT2D eigenvalue weighted by Gasteiger charge is 2.59. The minimum absolute atomic E-state index is 0.00463. The van der Waals surface area contributed by atoms with Gasteiger partial charge in [-0.1, -0.05) is 31.0 Å². The molecule has 3 fully saturated rings. The number of furan rings is 1. The van der Waals surface area contributed by atoms with Gasteiger partial charge in [0.15, 0.2) is 0 Å². The number of hydrogen-bond acceptors (Lipinski definition) is 3. The van der Waals surface area contributed by atoms with Gasteiger partial charge >= 0.3 is 0 Å². The first-order valence-electron chi connectivity index (χ1n) is 11.5. The van der Waals surface area contributed by atoms with Crippen LogP contribution in [0.15, 0.2) is 34.7 Å². The number of amides is 2. The second kappa shape index (κ2) is 8.64. The first-order valence-corrected chi connectivity index (χ1v) is 11.5. The fourth-order valence-corrected chi connectivity index (χ4v) is 5.69. The monoisotopic (exact) mass is 428 g/mol. The van der Waals surface area contributed by atoms with Crippen molar-refractivity contribution < 1.29 is 18.4 Å². The van der Waals surface area contributed by atoms with Crippen molar-refractivity contribution in [2.45, 2.75) is 76.4 Å². The Balaban J connectivity index is 0.000000418. The first-order chi connectivity index (χ1) is 14.8. The van der Waals surface area contributed by atoms with Crippen molar-refractivity contribution in [1.82, 2.24) is 10.6 Å². The van der Waals surface area contributed by atoms with Gasteiger partial charge in [0, 0.05) is 30.7 Å². The molecule has 0 spiro atoms. The Morgan fingerprint density at radius 1 is 1.13 bits per heavy atom. The molecule has 5 rings (SSSR count). The van der Waals surface area contributed by atoms with Gasteiger partial charge in [-0.2, -0.15) is 0 Å². The quantitative estimate of drug-likeness (QED) is 0.703. The van der Waals surface area contributed by atoms with Crippen LogP contribution in [0.25, 0.3) is 11.0 Å². The molecule has 31 heavy (non-hydrogen) atoms. The molecule has 168 valence electrons. The lowest BCUT2D eigenvalue weighted by molar-refractivity contribution is -0.126. The molecule has 0 aliphatic heterocycles. The fourth-order valence-electron chi connectivity index (χ4n) is 5.69. The summed E-state index contributed by atoms with van der Waals surface area (Å²) in [7, 11) is 1.60. The smallest absolute Gasteiger partial charge is 0.223 e. The number of carbonyl (C=O) groups excluding carboxylic acids is 2. The highest BCUT2D eigenvalue weighted by molar-refractivity contribution is 5.81. The number of rotatable bonds is 4. The summed E-state index contributed by atoms with van der Waals surface area (Å²) in [5, 5.41) is 6.75. The average Bonchev–Trinajstić information content (AvgIpc) is 3.54. The van der Waals surface area contributed by atoms with Gasteiger partial charge in [0.1, 0.15) is 17.0 Å². The van der Waals surface area contributed by atoms with Gasteiger partial charge in [-0.05, 0) is 57.1 Å². The Bertz CT molecular complexity index is 906. The molecular weight excluding hydrogens is 395 g/mol. The van der Waals surface area contributed by atoms with Gasteiger partial charge in [-0.15, -0.1) is 0 Å². The molecule has 0 saturated heterocycles. The third kappa shape index (κ3) is 4.48. The second-order valence-corrected chi connectivity index (χ2v) is 9.61. The van der Waals surface area contributed by atoms with E-state index in [0.29, 0.717) is 19.3 Å². The van der Waals surface area contributed by atoms with Crippen LogP contribution in [0.3, 0.4) is 0 Å². The maximum absolute atomic E-state index is 14.9. The third-order valence-corrected chi connectivity index (χ3v) is 7.52. The van der Waals surface area contributed by atoms with Crippen LogP contribution in [0.4, 0.5) is 4.39 Å². The predicted octanol–water partition coefficient (Wildman–Crippen LogP) is 5.21. The molecular formula is C25H33FN2O3. The molecule has 5 nitrogen and oxygen atoms in total. The van der Waals surface area contributed by atoms with E-state index >= 15 is 0 Å². The molecule has 2 N–H and O–H groups in total. The Kier molecular flexibility index (Phi) is 6.09. The van der Waals surface area contributed by atoms with Crippen molar-refractivity contribution in [3.05, 3.63) is 36.1 Å². The molecule has 1 aromatic carbocycles. The van der Waals surface area contributed by atoms with Crippen molar-refractivity contribution in [3.8, 4) is 0 Å². The van der Waals surface area contributed by atoms with Gasteiger partial charge < -0.3 is 15.1 Å². The number of para-hydroxylation sites is 1. The predicted molar refractivity (Wildman–Crippen MR) is 118 cm³/mol. The lowest BCUT2D eigenvalue weighted by Crippen LogP contribution is -2.41. The number of carbonyl (C=O) groups is 2. The molecule has 0 radical (unpaired) electrons. The molecule has 3 aliphatic carbocycles.